The maximum absolute atomic E-state index is 12.4. The van der Waals surface area contributed by atoms with Crippen LogP contribution in [0.5, 0.6) is 0 Å². The molecule has 0 radical (unpaired) electrons. The monoisotopic (exact) mass is 278 g/mol. The molecule has 0 aromatic heterocycles. The lowest BCUT2D eigenvalue weighted by Gasteiger charge is -2.07. The van der Waals surface area contributed by atoms with Gasteiger partial charge in [-0.05, 0) is 24.6 Å². The molecule has 0 heterocycles. The number of hydrogen-bond donors (Lipinski definition) is 0. The Kier molecular flexibility index (Phi) is 6.30. The van der Waals surface area contributed by atoms with Gasteiger partial charge in [0.2, 0.25) is 9.84 Å². The molecule has 0 aliphatic rings. The van der Waals surface area contributed by atoms with Gasteiger partial charge in [-0.1, -0.05) is 31.2 Å². The summed E-state index contributed by atoms with van der Waals surface area (Å²) in [4.78, 5) is 0.395. The van der Waals surface area contributed by atoms with E-state index in [-0.39, 0.29) is 16.4 Å². The number of benzene rings is 1. The van der Waals surface area contributed by atoms with Crippen molar-refractivity contribution in [1.29, 1.82) is 0 Å². The summed E-state index contributed by atoms with van der Waals surface area (Å²) in [6.07, 6.45) is 3.98. The van der Waals surface area contributed by atoms with Crippen LogP contribution >= 0.6 is 0 Å². The molecular formula is C15H18O3S. The van der Waals surface area contributed by atoms with E-state index in [0.29, 0.717) is 6.61 Å². The van der Waals surface area contributed by atoms with Crippen LogP contribution < -0.4 is 0 Å². The smallest absolute Gasteiger partial charge is 0.212 e. The number of ether oxygens (including phenoxy) is 1. The van der Waals surface area contributed by atoms with Crippen LogP contribution in [0.3, 0.4) is 0 Å². The van der Waals surface area contributed by atoms with Gasteiger partial charge in [-0.25, -0.2) is 8.42 Å². The Bertz CT molecular complexity index is 565. The van der Waals surface area contributed by atoms with E-state index >= 15 is 0 Å². The van der Waals surface area contributed by atoms with E-state index in [1.165, 1.54) is 0 Å². The molecule has 0 saturated carbocycles. The molecule has 1 aromatic rings. The summed E-state index contributed by atoms with van der Waals surface area (Å²) in [5.41, 5.74) is 2.81. The molecule has 4 heteroatoms. The molecule has 1 rings (SSSR count). The maximum atomic E-state index is 12.4. The lowest BCUT2D eigenvalue weighted by Crippen LogP contribution is -2.10. The Morgan fingerprint density at radius 1 is 1.37 bits per heavy atom. The fraction of sp³-hybridized carbons (Fsp3) is 0.267. The lowest BCUT2D eigenvalue weighted by atomic mass is 10.4. The summed E-state index contributed by atoms with van der Waals surface area (Å²) in [5, 5.41) is 0. The molecule has 0 saturated heterocycles. The quantitative estimate of drug-likeness (QED) is 0.437. The van der Waals surface area contributed by atoms with Crippen LogP contribution in [0.25, 0.3) is 0 Å². The van der Waals surface area contributed by atoms with Crippen LogP contribution in [0.15, 0.2) is 64.6 Å². The second-order valence-corrected chi connectivity index (χ2v) is 5.77. The summed E-state index contributed by atoms with van der Waals surface area (Å²) in [6, 6.07) is 8.29. The molecule has 0 amide bonds. The normalized spacial score (nSPS) is 10.6. The first-order chi connectivity index (χ1) is 9.12. The summed E-state index contributed by atoms with van der Waals surface area (Å²) in [7, 11) is -3.54. The summed E-state index contributed by atoms with van der Waals surface area (Å²) < 4.78 is 30.0. The Balaban J connectivity index is 3.10. The standard InChI is InChI=1S/C15H18O3S/c1-3-5-9-15(13-18-12-4-2)19(16,17)14-10-7-6-8-11-14/h4-8,10-11H,2-3,12-13H2,1H3. The molecule has 0 N–H and O–H groups in total. The van der Waals surface area contributed by atoms with Crippen LogP contribution in [0, 0.1) is 0 Å². The highest BCUT2D eigenvalue weighted by atomic mass is 32.2. The van der Waals surface area contributed by atoms with Gasteiger partial charge in [0.25, 0.3) is 0 Å². The van der Waals surface area contributed by atoms with E-state index in [4.69, 9.17) is 4.74 Å². The van der Waals surface area contributed by atoms with Crippen LogP contribution in [0.2, 0.25) is 0 Å². The molecular weight excluding hydrogens is 260 g/mol. The average molecular weight is 278 g/mol. The molecule has 0 atom stereocenters. The molecule has 0 aliphatic heterocycles. The molecule has 3 nitrogen and oxygen atoms in total. The Labute approximate surface area is 114 Å². The van der Waals surface area contributed by atoms with E-state index in [1.54, 1.807) is 42.5 Å². The Hall–Kier alpha value is -1.61. The first kappa shape index (κ1) is 15.4. The predicted octanol–water partition coefficient (Wildman–Crippen LogP) is 3.11. The topological polar surface area (TPSA) is 43.4 Å². The van der Waals surface area contributed by atoms with E-state index < -0.39 is 9.84 Å². The third kappa shape index (κ3) is 4.52. The van der Waals surface area contributed by atoms with E-state index in [1.807, 2.05) is 6.92 Å². The van der Waals surface area contributed by atoms with Crippen molar-refractivity contribution >= 4 is 9.84 Å². The second-order valence-electron chi connectivity index (χ2n) is 3.80. The molecule has 0 spiro atoms. The van der Waals surface area contributed by atoms with Crippen LogP contribution in [0.4, 0.5) is 0 Å². The van der Waals surface area contributed by atoms with Crippen LogP contribution in [-0.4, -0.2) is 21.6 Å². The predicted molar refractivity (Wildman–Crippen MR) is 76.5 cm³/mol. The van der Waals surface area contributed by atoms with Gasteiger partial charge in [-0.15, -0.1) is 12.3 Å². The zero-order valence-electron chi connectivity index (χ0n) is 11.0. The second kappa shape index (κ2) is 7.74. The van der Waals surface area contributed by atoms with Gasteiger partial charge in [-0.3, -0.25) is 0 Å². The zero-order chi connectivity index (χ0) is 14.1. The fourth-order valence-electron chi connectivity index (χ4n) is 1.39. The maximum Gasteiger partial charge on any atom is 0.212 e. The highest BCUT2D eigenvalue weighted by Gasteiger charge is 2.20. The molecule has 19 heavy (non-hydrogen) atoms. The van der Waals surface area contributed by atoms with Gasteiger partial charge in [0.05, 0.1) is 18.1 Å². The van der Waals surface area contributed by atoms with E-state index in [9.17, 15) is 8.42 Å². The van der Waals surface area contributed by atoms with E-state index in [2.05, 4.69) is 12.3 Å². The van der Waals surface area contributed by atoms with Gasteiger partial charge >= 0.3 is 0 Å². The van der Waals surface area contributed by atoms with Crippen molar-refractivity contribution in [3.8, 4) is 0 Å². The van der Waals surface area contributed by atoms with Crippen molar-refractivity contribution in [2.75, 3.05) is 13.2 Å². The Morgan fingerprint density at radius 3 is 2.63 bits per heavy atom. The fourth-order valence-corrected chi connectivity index (χ4v) is 2.67. The van der Waals surface area contributed by atoms with Crippen molar-refractivity contribution in [2.24, 2.45) is 0 Å². The van der Waals surface area contributed by atoms with E-state index in [0.717, 1.165) is 6.42 Å². The van der Waals surface area contributed by atoms with Crippen LogP contribution in [0.1, 0.15) is 13.3 Å². The minimum absolute atomic E-state index is 0.000250. The molecule has 102 valence electrons. The first-order valence-corrected chi connectivity index (χ1v) is 7.54. The van der Waals surface area contributed by atoms with Crippen molar-refractivity contribution in [3.05, 3.63) is 59.7 Å². The minimum atomic E-state index is -3.54. The van der Waals surface area contributed by atoms with Gasteiger partial charge in [0, 0.05) is 0 Å². The third-order valence-electron chi connectivity index (χ3n) is 2.31. The third-order valence-corrected chi connectivity index (χ3v) is 4.09. The molecule has 0 aliphatic carbocycles. The van der Waals surface area contributed by atoms with Crippen molar-refractivity contribution in [1.82, 2.24) is 0 Å². The lowest BCUT2D eigenvalue weighted by molar-refractivity contribution is 0.191. The Morgan fingerprint density at radius 2 is 2.05 bits per heavy atom. The zero-order valence-corrected chi connectivity index (χ0v) is 11.8. The minimum Gasteiger partial charge on any atom is -0.371 e. The highest BCUT2D eigenvalue weighted by molar-refractivity contribution is 7.95. The first-order valence-electron chi connectivity index (χ1n) is 6.05. The molecule has 0 fully saturated rings. The number of hydrogen-bond acceptors (Lipinski definition) is 3. The van der Waals surface area contributed by atoms with Crippen LogP contribution in [-0.2, 0) is 14.6 Å². The number of rotatable bonds is 7. The summed E-state index contributed by atoms with van der Waals surface area (Å²) in [5.74, 6) is 0. The van der Waals surface area contributed by atoms with Crippen molar-refractivity contribution in [2.45, 2.75) is 18.2 Å². The SMILES string of the molecule is C=CCOCC(=C=CCC)S(=O)(=O)c1ccccc1. The van der Waals surface area contributed by atoms with Crippen molar-refractivity contribution < 1.29 is 13.2 Å². The average Bonchev–Trinajstić information content (AvgIpc) is 2.43. The van der Waals surface area contributed by atoms with Gasteiger partial charge in [0.15, 0.2) is 0 Å². The highest BCUT2D eigenvalue weighted by Crippen LogP contribution is 2.18. The van der Waals surface area contributed by atoms with Gasteiger partial charge in [-0.2, -0.15) is 0 Å². The molecule has 1 aromatic carbocycles. The van der Waals surface area contributed by atoms with Gasteiger partial charge in [0.1, 0.15) is 4.91 Å². The summed E-state index contributed by atoms with van der Waals surface area (Å²) in [6.45, 7) is 5.76. The van der Waals surface area contributed by atoms with Crippen molar-refractivity contribution in [3.63, 3.8) is 0 Å². The van der Waals surface area contributed by atoms with Gasteiger partial charge < -0.3 is 4.74 Å². The number of sulfone groups is 1. The largest absolute Gasteiger partial charge is 0.371 e. The summed E-state index contributed by atoms with van der Waals surface area (Å²) >= 11 is 0. The molecule has 0 unspecified atom stereocenters. The molecule has 0 bridgehead atoms.